The largest absolute Gasteiger partial charge is 0.369 e. The van der Waals surface area contributed by atoms with Gasteiger partial charge in [0.15, 0.2) is 0 Å². The van der Waals surface area contributed by atoms with Gasteiger partial charge in [-0.1, -0.05) is 4.49 Å². The number of nitrogens with zero attached hydrogens (tertiary/aromatic N) is 3. The maximum absolute atomic E-state index is 10.9. The Morgan fingerprint density at radius 3 is 2.81 bits per heavy atom. The van der Waals surface area contributed by atoms with Crippen LogP contribution in [0.5, 0.6) is 0 Å². The quantitative estimate of drug-likeness (QED) is 0.460. The van der Waals surface area contributed by atoms with E-state index in [9.17, 15) is 4.79 Å². The van der Waals surface area contributed by atoms with Crippen molar-refractivity contribution in [2.45, 2.75) is 26.4 Å². The zero-order valence-corrected chi connectivity index (χ0v) is 10.1. The third-order valence-corrected chi connectivity index (χ3v) is 2.83. The third-order valence-electron chi connectivity index (χ3n) is 2.13. The van der Waals surface area contributed by atoms with Gasteiger partial charge in [0.25, 0.3) is 0 Å². The first kappa shape index (κ1) is 12.8. The smallest absolute Gasteiger partial charge is 0.231 e. The van der Waals surface area contributed by atoms with Gasteiger partial charge in [0.1, 0.15) is 10.7 Å². The summed E-state index contributed by atoms with van der Waals surface area (Å²) in [6.07, 6.45) is 0. The molecule has 0 fully saturated rings. The Balaban J connectivity index is 2.71. The van der Waals surface area contributed by atoms with E-state index in [1.165, 1.54) is 11.5 Å². The molecule has 0 aliphatic rings. The molecule has 0 aromatic carbocycles. The van der Waals surface area contributed by atoms with Crippen LogP contribution in [0, 0.1) is 0 Å². The molecule has 0 bridgehead atoms. The van der Waals surface area contributed by atoms with Crippen LogP contribution in [0.3, 0.4) is 0 Å². The van der Waals surface area contributed by atoms with Gasteiger partial charge in [-0.15, -0.1) is 5.10 Å². The number of nitrogens with one attached hydrogen (secondary N) is 1. The number of carbonyl (C=O) groups excluding carboxylic acids is 1. The Kier molecular flexibility index (Phi) is 4.59. The normalized spacial score (nSPS) is 11.1. The fourth-order valence-corrected chi connectivity index (χ4v) is 1.72. The summed E-state index contributed by atoms with van der Waals surface area (Å²) >= 11 is 1.18. The molecule has 1 rings (SSSR count). The van der Waals surface area contributed by atoms with Gasteiger partial charge in [0, 0.05) is 24.1 Å². The van der Waals surface area contributed by atoms with Crippen LogP contribution < -0.4 is 17.0 Å². The second kappa shape index (κ2) is 5.73. The van der Waals surface area contributed by atoms with Crippen LogP contribution in [0.1, 0.15) is 19.5 Å². The third kappa shape index (κ3) is 3.40. The summed E-state index contributed by atoms with van der Waals surface area (Å²) in [6.45, 7) is 4.66. The zero-order valence-electron chi connectivity index (χ0n) is 9.30. The molecule has 1 heterocycles. The minimum atomic E-state index is -0.362. The highest BCUT2D eigenvalue weighted by Gasteiger charge is 2.16. The Hall–Kier alpha value is -1.25. The first-order valence-electron chi connectivity index (χ1n) is 4.84. The van der Waals surface area contributed by atoms with Crippen molar-refractivity contribution in [2.75, 3.05) is 12.0 Å². The maximum atomic E-state index is 10.9. The molecule has 7 nitrogen and oxygen atoms in total. The van der Waals surface area contributed by atoms with E-state index in [-0.39, 0.29) is 18.5 Å². The summed E-state index contributed by atoms with van der Waals surface area (Å²) in [6, 6.07) is 0.194. The van der Waals surface area contributed by atoms with E-state index in [1.807, 2.05) is 18.7 Å². The number of hydrogen-bond donors (Lipinski definition) is 3. The van der Waals surface area contributed by atoms with Crippen molar-refractivity contribution in [2.24, 2.45) is 11.6 Å². The van der Waals surface area contributed by atoms with Gasteiger partial charge in [-0.05, 0) is 13.8 Å². The molecule has 16 heavy (non-hydrogen) atoms. The Morgan fingerprint density at radius 1 is 1.62 bits per heavy atom. The molecule has 1 aromatic rings. The molecule has 0 spiro atoms. The summed E-state index contributed by atoms with van der Waals surface area (Å²) in [5.74, 6) is 4.96. The number of hydrazine groups is 1. The lowest BCUT2D eigenvalue weighted by Gasteiger charge is -2.23. The lowest BCUT2D eigenvalue weighted by molar-refractivity contribution is -0.119. The summed E-state index contributed by atoms with van der Waals surface area (Å²) < 4.78 is 3.79. The van der Waals surface area contributed by atoms with E-state index < -0.39 is 0 Å². The van der Waals surface area contributed by atoms with Gasteiger partial charge >= 0.3 is 0 Å². The molecule has 0 saturated heterocycles. The fraction of sp³-hybridized carbons (Fsp3) is 0.625. The summed E-state index contributed by atoms with van der Waals surface area (Å²) in [5, 5.41) is 4.65. The maximum Gasteiger partial charge on any atom is 0.231 e. The number of anilines is 1. The Labute approximate surface area is 97.9 Å². The number of hydrogen-bond acceptors (Lipinski definition) is 7. The molecule has 1 aromatic heterocycles. The molecular formula is C8H16N6OS. The summed E-state index contributed by atoms with van der Waals surface area (Å²) in [7, 11) is 0. The predicted molar refractivity (Wildman–Crippen MR) is 62.5 cm³/mol. The molecule has 0 aliphatic heterocycles. The van der Waals surface area contributed by atoms with Crippen LogP contribution in [-0.4, -0.2) is 33.0 Å². The first-order valence-corrected chi connectivity index (χ1v) is 5.62. The lowest BCUT2D eigenvalue weighted by Crippen LogP contribution is -2.38. The molecule has 0 saturated carbocycles. The molecule has 8 heteroatoms. The number of nitrogens with two attached hydrogens (primary N) is 2. The number of rotatable bonds is 6. The molecular weight excluding hydrogens is 228 g/mol. The predicted octanol–water partition coefficient (Wildman–Crippen LogP) is -0.481. The van der Waals surface area contributed by atoms with Gasteiger partial charge in [-0.25, -0.2) is 5.84 Å². The zero-order chi connectivity index (χ0) is 12.1. The molecule has 0 unspecified atom stereocenters. The summed E-state index contributed by atoms with van der Waals surface area (Å²) in [4.78, 5) is 12.8. The van der Waals surface area contributed by atoms with Crippen molar-refractivity contribution in [3.05, 3.63) is 5.69 Å². The second-order valence-electron chi connectivity index (χ2n) is 3.66. The van der Waals surface area contributed by atoms with Crippen molar-refractivity contribution in [1.82, 2.24) is 14.5 Å². The highest BCUT2D eigenvalue weighted by Crippen LogP contribution is 2.18. The molecule has 1 amide bonds. The number of aromatic nitrogens is 2. The molecule has 0 aliphatic carbocycles. The van der Waals surface area contributed by atoms with E-state index in [0.29, 0.717) is 11.5 Å². The monoisotopic (exact) mass is 244 g/mol. The van der Waals surface area contributed by atoms with Crippen molar-refractivity contribution in [1.29, 1.82) is 0 Å². The average molecular weight is 244 g/mol. The van der Waals surface area contributed by atoms with E-state index in [0.717, 1.165) is 5.69 Å². The van der Waals surface area contributed by atoms with Crippen LogP contribution in [-0.2, 0) is 11.3 Å². The lowest BCUT2D eigenvalue weighted by atomic mass is 10.3. The first-order chi connectivity index (χ1) is 7.54. The minimum Gasteiger partial charge on any atom is -0.369 e. The Bertz CT molecular complexity index is 352. The van der Waals surface area contributed by atoms with Crippen LogP contribution in [0.2, 0.25) is 0 Å². The highest BCUT2D eigenvalue weighted by atomic mass is 32.1. The number of primary amides is 1. The SMILES string of the molecule is CC(C)N(CC(N)=O)Cc1nnsc1NN. The van der Waals surface area contributed by atoms with Crippen molar-refractivity contribution in [3.63, 3.8) is 0 Å². The number of carbonyl (C=O) groups is 1. The fourth-order valence-electron chi connectivity index (χ4n) is 1.24. The van der Waals surface area contributed by atoms with Crippen molar-refractivity contribution >= 4 is 22.4 Å². The van der Waals surface area contributed by atoms with Crippen LogP contribution in [0.25, 0.3) is 0 Å². The van der Waals surface area contributed by atoms with Crippen LogP contribution in [0.4, 0.5) is 5.00 Å². The van der Waals surface area contributed by atoms with Crippen molar-refractivity contribution < 1.29 is 4.79 Å². The van der Waals surface area contributed by atoms with E-state index >= 15 is 0 Å². The molecule has 0 radical (unpaired) electrons. The second-order valence-corrected chi connectivity index (χ2v) is 4.41. The molecule has 5 N–H and O–H groups in total. The van der Waals surface area contributed by atoms with Gasteiger partial charge in [0.05, 0.1) is 6.54 Å². The molecule has 0 atom stereocenters. The van der Waals surface area contributed by atoms with Crippen molar-refractivity contribution in [3.8, 4) is 0 Å². The van der Waals surface area contributed by atoms with Gasteiger partial charge in [-0.2, -0.15) is 0 Å². The highest BCUT2D eigenvalue weighted by molar-refractivity contribution is 7.10. The average Bonchev–Trinajstić information content (AvgIpc) is 2.63. The van der Waals surface area contributed by atoms with Gasteiger partial charge in [0.2, 0.25) is 5.91 Å². The van der Waals surface area contributed by atoms with Gasteiger partial charge < -0.3 is 11.2 Å². The Morgan fingerprint density at radius 2 is 2.31 bits per heavy atom. The van der Waals surface area contributed by atoms with Gasteiger partial charge in [-0.3, -0.25) is 9.69 Å². The van der Waals surface area contributed by atoms with E-state index in [4.69, 9.17) is 11.6 Å². The van der Waals surface area contributed by atoms with E-state index in [2.05, 4.69) is 15.0 Å². The van der Waals surface area contributed by atoms with E-state index in [1.54, 1.807) is 0 Å². The summed E-state index contributed by atoms with van der Waals surface area (Å²) in [5.41, 5.74) is 8.42. The van der Waals surface area contributed by atoms with Crippen LogP contribution >= 0.6 is 11.5 Å². The number of amides is 1. The molecule has 90 valence electrons. The number of nitrogen functional groups attached to an aromatic ring is 1. The minimum absolute atomic E-state index is 0.194. The van der Waals surface area contributed by atoms with Crippen LogP contribution in [0.15, 0.2) is 0 Å². The topological polar surface area (TPSA) is 110 Å². The standard InChI is InChI=1S/C8H16N6OS/c1-5(2)14(4-7(9)15)3-6-8(11-10)16-13-12-6/h5,11H,3-4,10H2,1-2H3,(H2,9,15).